The van der Waals surface area contributed by atoms with Gasteiger partial charge in [-0.3, -0.25) is 0 Å². The van der Waals surface area contributed by atoms with Gasteiger partial charge in [0.2, 0.25) is 0 Å². The molecule has 0 saturated carbocycles. The summed E-state index contributed by atoms with van der Waals surface area (Å²) in [6.45, 7) is 6.58. The molecule has 0 saturated heterocycles. The summed E-state index contributed by atoms with van der Waals surface area (Å²) < 4.78 is 2.08. The molecule has 0 aliphatic heterocycles. The van der Waals surface area contributed by atoms with Crippen LogP contribution < -0.4 is 0 Å². The largest absolute Gasteiger partial charge is 0.478 e. The topological polar surface area (TPSA) is 42.2 Å². The molecule has 0 aliphatic carbocycles. The van der Waals surface area contributed by atoms with Crippen molar-refractivity contribution in [2.45, 2.75) is 26.2 Å². The number of hydrogen-bond donors (Lipinski definition) is 1. The number of aromatic carboxylic acids is 1. The Morgan fingerprint density at radius 1 is 1.00 bits per heavy atom. The quantitative estimate of drug-likeness (QED) is 0.748. The third-order valence-corrected chi connectivity index (χ3v) is 3.95. The molecule has 3 heteroatoms. The summed E-state index contributed by atoms with van der Waals surface area (Å²) >= 11 is 0. The second-order valence-corrected chi connectivity index (χ2v) is 6.56. The number of carboxylic acids is 1. The van der Waals surface area contributed by atoms with Crippen LogP contribution in [-0.2, 0) is 5.41 Å². The molecular formula is C19H19NO2. The highest BCUT2D eigenvalue weighted by atomic mass is 16.4. The van der Waals surface area contributed by atoms with Crippen molar-refractivity contribution in [1.82, 2.24) is 4.57 Å². The first kappa shape index (κ1) is 14.4. The van der Waals surface area contributed by atoms with Gasteiger partial charge in [-0.2, -0.15) is 0 Å². The summed E-state index contributed by atoms with van der Waals surface area (Å²) in [5.41, 5.74) is 3.82. The van der Waals surface area contributed by atoms with Crippen LogP contribution in [-0.4, -0.2) is 15.6 Å². The molecule has 112 valence electrons. The van der Waals surface area contributed by atoms with Gasteiger partial charge in [0.05, 0.1) is 11.1 Å². The average Bonchev–Trinajstić information content (AvgIpc) is 2.89. The first-order chi connectivity index (χ1) is 10.4. The maximum atomic E-state index is 11.0. The predicted octanol–water partition coefficient (Wildman–Crippen LogP) is 4.63. The molecule has 2 aromatic carbocycles. The van der Waals surface area contributed by atoms with E-state index in [1.165, 1.54) is 5.56 Å². The minimum atomic E-state index is -0.899. The first-order valence-corrected chi connectivity index (χ1v) is 7.31. The fourth-order valence-corrected chi connectivity index (χ4v) is 2.62. The second-order valence-electron chi connectivity index (χ2n) is 6.56. The summed E-state index contributed by atoms with van der Waals surface area (Å²) in [5, 5.41) is 10.00. The van der Waals surface area contributed by atoms with Crippen LogP contribution in [0.5, 0.6) is 0 Å². The Labute approximate surface area is 129 Å². The lowest BCUT2D eigenvalue weighted by Crippen LogP contribution is -2.10. The van der Waals surface area contributed by atoms with Gasteiger partial charge in [-0.25, -0.2) is 4.79 Å². The van der Waals surface area contributed by atoms with Crippen molar-refractivity contribution in [3.05, 3.63) is 65.9 Å². The predicted molar refractivity (Wildman–Crippen MR) is 88.9 cm³/mol. The average molecular weight is 293 g/mol. The number of hydrogen-bond acceptors (Lipinski definition) is 1. The second kappa shape index (κ2) is 5.02. The molecule has 0 amide bonds. The fourth-order valence-electron chi connectivity index (χ4n) is 2.62. The Bertz CT molecular complexity index is 836. The van der Waals surface area contributed by atoms with Crippen LogP contribution in [0.15, 0.2) is 54.7 Å². The minimum absolute atomic E-state index is 0.133. The van der Waals surface area contributed by atoms with Gasteiger partial charge < -0.3 is 9.67 Å². The number of carbonyl (C=O) groups is 1. The molecule has 3 aromatic rings. The lowest BCUT2D eigenvalue weighted by Gasteiger charge is -2.19. The Morgan fingerprint density at radius 2 is 1.68 bits per heavy atom. The van der Waals surface area contributed by atoms with Crippen molar-refractivity contribution in [3.63, 3.8) is 0 Å². The summed E-state index contributed by atoms with van der Waals surface area (Å²) in [6.07, 6.45) is 1.97. The number of benzene rings is 2. The molecule has 1 aromatic heterocycles. The van der Waals surface area contributed by atoms with Crippen molar-refractivity contribution in [2.75, 3.05) is 0 Å². The van der Waals surface area contributed by atoms with Crippen LogP contribution in [0.1, 0.15) is 36.7 Å². The molecule has 0 spiro atoms. The van der Waals surface area contributed by atoms with Crippen LogP contribution in [0, 0.1) is 0 Å². The van der Waals surface area contributed by atoms with Gasteiger partial charge in [0.15, 0.2) is 0 Å². The number of rotatable bonds is 2. The van der Waals surface area contributed by atoms with Crippen LogP contribution in [0.2, 0.25) is 0 Å². The fraction of sp³-hybridized carbons (Fsp3) is 0.211. The van der Waals surface area contributed by atoms with E-state index in [-0.39, 0.29) is 5.41 Å². The van der Waals surface area contributed by atoms with Gasteiger partial charge in [0.1, 0.15) is 0 Å². The molecule has 1 N–H and O–H groups in total. The highest BCUT2D eigenvalue weighted by Crippen LogP contribution is 2.26. The van der Waals surface area contributed by atoms with Crippen molar-refractivity contribution < 1.29 is 9.90 Å². The molecule has 3 rings (SSSR count). The summed E-state index contributed by atoms with van der Waals surface area (Å²) in [4.78, 5) is 11.0. The van der Waals surface area contributed by atoms with Crippen LogP contribution >= 0.6 is 0 Å². The van der Waals surface area contributed by atoms with Crippen LogP contribution in [0.25, 0.3) is 16.6 Å². The maximum absolute atomic E-state index is 11.0. The van der Waals surface area contributed by atoms with Crippen molar-refractivity contribution in [1.29, 1.82) is 0 Å². The number of nitrogens with zero attached hydrogens (tertiary/aromatic N) is 1. The maximum Gasteiger partial charge on any atom is 0.335 e. The smallest absolute Gasteiger partial charge is 0.335 e. The number of aromatic nitrogens is 1. The third kappa shape index (κ3) is 2.50. The van der Waals surface area contributed by atoms with E-state index < -0.39 is 5.97 Å². The van der Waals surface area contributed by atoms with Gasteiger partial charge in [-0.05, 0) is 47.4 Å². The Hall–Kier alpha value is -2.55. The first-order valence-electron chi connectivity index (χ1n) is 7.31. The highest BCUT2D eigenvalue weighted by molar-refractivity contribution is 5.94. The molecule has 0 radical (unpaired) electrons. The zero-order chi connectivity index (χ0) is 15.9. The molecule has 3 nitrogen and oxygen atoms in total. The zero-order valence-electron chi connectivity index (χ0n) is 13.0. The van der Waals surface area contributed by atoms with Gasteiger partial charge in [-0.15, -0.1) is 0 Å². The van der Waals surface area contributed by atoms with E-state index in [9.17, 15) is 4.79 Å². The van der Waals surface area contributed by atoms with Crippen molar-refractivity contribution in [2.24, 2.45) is 0 Å². The monoisotopic (exact) mass is 293 g/mol. The number of carboxylic acid groups (broad SMARTS) is 1. The van der Waals surface area contributed by atoms with E-state index >= 15 is 0 Å². The molecule has 0 bridgehead atoms. The van der Waals surface area contributed by atoms with Gasteiger partial charge in [-0.1, -0.05) is 32.9 Å². The lowest BCUT2D eigenvalue weighted by molar-refractivity contribution is 0.0697. The van der Waals surface area contributed by atoms with E-state index in [1.807, 2.05) is 18.3 Å². The third-order valence-electron chi connectivity index (χ3n) is 3.95. The van der Waals surface area contributed by atoms with E-state index in [0.717, 1.165) is 16.6 Å². The summed E-state index contributed by atoms with van der Waals surface area (Å²) in [7, 11) is 0. The number of fused-ring (bicyclic) bond motifs is 1. The Balaban J connectivity index is 2.05. The summed E-state index contributed by atoms with van der Waals surface area (Å²) in [6, 6.07) is 15.6. The summed E-state index contributed by atoms with van der Waals surface area (Å²) in [5.74, 6) is -0.899. The minimum Gasteiger partial charge on any atom is -0.478 e. The van der Waals surface area contributed by atoms with E-state index in [1.54, 1.807) is 12.1 Å². The van der Waals surface area contributed by atoms with E-state index in [4.69, 9.17) is 5.11 Å². The molecular weight excluding hydrogens is 274 g/mol. The molecule has 1 heterocycles. The molecule has 0 atom stereocenters. The Morgan fingerprint density at radius 3 is 2.27 bits per heavy atom. The van der Waals surface area contributed by atoms with E-state index in [2.05, 4.69) is 49.6 Å². The van der Waals surface area contributed by atoms with Crippen molar-refractivity contribution >= 4 is 16.9 Å². The standard InChI is InChI=1S/C19H19NO2/c1-19(2,3)15-5-7-16(8-6-15)20-11-10-13-12-14(18(21)22)4-9-17(13)20/h4-12H,1-3H3,(H,21,22). The van der Waals surface area contributed by atoms with Gasteiger partial charge in [0, 0.05) is 17.3 Å². The van der Waals surface area contributed by atoms with Crippen LogP contribution in [0.3, 0.4) is 0 Å². The Kier molecular flexibility index (Phi) is 3.28. The zero-order valence-corrected chi connectivity index (χ0v) is 13.0. The highest BCUT2D eigenvalue weighted by Gasteiger charge is 2.13. The molecule has 0 fully saturated rings. The molecule has 0 unspecified atom stereocenters. The van der Waals surface area contributed by atoms with E-state index in [0.29, 0.717) is 5.56 Å². The SMILES string of the molecule is CC(C)(C)c1ccc(-n2ccc3cc(C(=O)O)ccc32)cc1. The normalized spacial score (nSPS) is 11.8. The van der Waals surface area contributed by atoms with Crippen molar-refractivity contribution in [3.8, 4) is 5.69 Å². The van der Waals surface area contributed by atoms with Gasteiger partial charge >= 0.3 is 5.97 Å². The molecule has 22 heavy (non-hydrogen) atoms. The van der Waals surface area contributed by atoms with Gasteiger partial charge in [0.25, 0.3) is 0 Å². The van der Waals surface area contributed by atoms with Crippen LogP contribution in [0.4, 0.5) is 0 Å². The molecule has 0 aliphatic rings. The lowest BCUT2D eigenvalue weighted by atomic mass is 9.87.